The highest BCUT2D eigenvalue weighted by Crippen LogP contribution is 2.12. The minimum absolute atomic E-state index is 0.148. The van der Waals surface area contributed by atoms with E-state index in [-0.39, 0.29) is 22.4 Å². The highest BCUT2D eigenvalue weighted by atomic mass is 17.3. The number of benzene rings is 1. The maximum Gasteiger partial charge on any atom is 0.401 e. The third-order valence-electron chi connectivity index (χ3n) is 3.63. The number of nitro benzene ring substituents is 1. The number of hydrogen-bond acceptors (Lipinski definition) is 9. The smallest absolute Gasteiger partial charge is 0.328 e. The molecule has 1 aromatic carbocycles. The van der Waals surface area contributed by atoms with Crippen LogP contribution in [0.5, 0.6) is 0 Å². The summed E-state index contributed by atoms with van der Waals surface area (Å²) in [6.45, 7) is 6.41. The Balaban J connectivity index is 2.17. The molecule has 1 heterocycles. The molecule has 0 unspecified atom stereocenters. The number of nitro groups is 1. The molecule has 158 valence electrons. The van der Waals surface area contributed by atoms with Gasteiger partial charge in [0, 0.05) is 12.1 Å². The van der Waals surface area contributed by atoms with Crippen LogP contribution < -0.4 is 21.1 Å². The maximum atomic E-state index is 12.3. The van der Waals surface area contributed by atoms with Gasteiger partial charge in [-0.2, -0.15) is 4.99 Å². The van der Waals surface area contributed by atoms with Gasteiger partial charge in [0.05, 0.1) is 29.0 Å². The minimum Gasteiger partial charge on any atom is -0.328 e. The number of rotatable bonds is 8. The Bertz CT molecular complexity index is 1100. The van der Waals surface area contributed by atoms with Crippen molar-refractivity contribution < 1.29 is 29.2 Å². The Morgan fingerprint density at radius 2 is 1.87 bits per heavy atom. The molecule has 0 bridgehead atoms. The molecule has 0 aliphatic rings. The van der Waals surface area contributed by atoms with Crippen LogP contribution in [0.1, 0.15) is 25.0 Å². The van der Waals surface area contributed by atoms with Gasteiger partial charge < -0.3 is 4.84 Å². The lowest BCUT2D eigenvalue weighted by atomic mass is 10.1. The molecule has 12 heteroatoms. The van der Waals surface area contributed by atoms with Gasteiger partial charge in [0.25, 0.3) is 11.2 Å². The van der Waals surface area contributed by atoms with Crippen molar-refractivity contribution in [2.45, 2.75) is 20.3 Å². The number of aromatic nitrogens is 2. The molecule has 1 aromatic heterocycles. The maximum absolute atomic E-state index is 12.3. The zero-order chi connectivity index (χ0) is 22.4. The van der Waals surface area contributed by atoms with Gasteiger partial charge in [0.1, 0.15) is 0 Å². The number of nitrogens with zero attached hydrogens (tertiary/aromatic N) is 3. The fraction of sp³-hybridized carbons (Fsp3) is 0.222. The van der Waals surface area contributed by atoms with Crippen molar-refractivity contribution in [3.05, 3.63) is 79.1 Å². The van der Waals surface area contributed by atoms with Crippen molar-refractivity contribution in [1.29, 1.82) is 0 Å². The molecule has 12 nitrogen and oxygen atoms in total. The average Bonchev–Trinajstić information content (AvgIpc) is 2.70. The molecule has 0 fully saturated rings. The summed E-state index contributed by atoms with van der Waals surface area (Å²) < 4.78 is 0.531. The average molecular weight is 419 g/mol. The van der Waals surface area contributed by atoms with Gasteiger partial charge in [-0.05, 0) is 5.56 Å². The van der Waals surface area contributed by atoms with Crippen molar-refractivity contribution >= 4 is 23.7 Å². The quantitative estimate of drug-likeness (QED) is 0.334. The molecule has 0 aliphatic carbocycles. The van der Waals surface area contributed by atoms with E-state index in [1.54, 1.807) is 0 Å². The summed E-state index contributed by atoms with van der Waals surface area (Å²) in [5.41, 5.74) is -2.12. The van der Waals surface area contributed by atoms with Crippen molar-refractivity contribution in [2.24, 2.45) is 5.92 Å². The molecule has 2 aromatic rings. The third-order valence-corrected chi connectivity index (χ3v) is 3.63. The van der Waals surface area contributed by atoms with E-state index in [1.807, 2.05) is 0 Å². The number of non-ortho nitro benzene ring substituents is 1. The van der Waals surface area contributed by atoms with Crippen molar-refractivity contribution in [1.82, 2.24) is 9.46 Å². The summed E-state index contributed by atoms with van der Waals surface area (Å²) >= 11 is 0. The summed E-state index contributed by atoms with van der Waals surface area (Å²) in [5.74, 6) is -2.41. The Kier molecular flexibility index (Phi) is 6.86. The second kappa shape index (κ2) is 9.32. The van der Waals surface area contributed by atoms with Crippen LogP contribution in [-0.4, -0.2) is 26.3 Å². The first-order chi connectivity index (χ1) is 14.1. The van der Waals surface area contributed by atoms with Crippen LogP contribution in [0.3, 0.4) is 0 Å². The summed E-state index contributed by atoms with van der Waals surface area (Å²) in [5, 5.41) is 10.6. The van der Waals surface area contributed by atoms with Crippen LogP contribution in [0.2, 0.25) is 0 Å². The SMILES string of the molecule is C=Cc1cn(OOC(=O)Cc2ccc([N+](=O)[O-])cc2)c(=O)n(OC(=O)C(C)C)c1=O. The van der Waals surface area contributed by atoms with Crippen molar-refractivity contribution in [3.63, 3.8) is 0 Å². The van der Waals surface area contributed by atoms with Crippen LogP contribution in [0.25, 0.3) is 6.08 Å². The molecule has 0 N–H and O–H groups in total. The molecule has 0 amide bonds. The zero-order valence-electron chi connectivity index (χ0n) is 16.0. The lowest BCUT2D eigenvalue weighted by molar-refractivity contribution is -0.384. The summed E-state index contributed by atoms with van der Waals surface area (Å²) in [7, 11) is 0. The fourth-order valence-corrected chi connectivity index (χ4v) is 2.01. The van der Waals surface area contributed by atoms with E-state index < -0.39 is 34.0 Å². The van der Waals surface area contributed by atoms with Gasteiger partial charge in [-0.1, -0.05) is 48.1 Å². The summed E-state index contributed by atoms with van der Waals surface area (Å²) in [4.78, 5) is 72.2. The van der Waals surface area contributed by atoms with Gasteiger partial charge in [-0.3, -0.25) is 14.9 Å². The molecule has 2 rings (SSSR count). The van der Waals surface area contributed by atoms with Crippen molar-refractivity contribution in [3.8, 4) is 0 Å². The lowest BCUT2D eigenvalue weighted by Gasteiger charge is -2.11. The Hall–Kier alpha value is -4.22. The Morgan fingerprint density at radius 1 is 1.23 bits per heavy atom. The van der Waals surface area contributed by atoms with Gasteiger partial charge >= 0.3 is 17.6 Å². The first-order valence-electron chi connectivity index (χ1n) is 8.48. The zero-order valence-corrected chi connectivity index (χ0v) is 16.0. The van der Waals surface area contributed by atoms with Crippen LogP contribution in [0, 0.1) is 16.0 Å². The van der Waals surface area contributed by atoms with E-state index in [0.717, 1.165) is 12.3 Å². The molecule has 0 spiro atoms. The third kappa shape index (κ3) is 5.19. The summed E-state index contributed by atoms with van der Waals surface area (Å²) in [6.07, 6.45) is 1.67. The van der Waals surface area contributed by atoms with Gasteiger partial charge in [-0.15, -0.1) is 0 Å². The van der Waals surface area contributed by atoms with E-state index in [1.165, 1.54) is 38.1 Å². The predicted octanol–water partition coefficient (Wildman–Crippen LogP) is 0.302. The lowest BCUT2D eigenvalue weighted by Crippen LogP contribution is -2.48. The first kappa shape index (κ1) is 22.1. The standard InChI is InChI=1S/C18H17N3O9/c1-4-13-10-19(18(25)20(16(13)23)28-17(24)11(2)3)30-29-15(22)9-12-5-7-14(8-6-12)21(26)27/h4-8,10-11H,1,9H2,2-3H3. The van der Waals surface area contributed by atoms with Crippen LogP contribution in [-0.2, 0) is 20.9 Å². The van der Waals surface area contributed by atoms with E-state index in [4.69, 9.17) is 4.84 Å². The number of carbonyl (C=O) groups excluding carboxylic acids is 2. The van der Waals surface area contributed by atoms with Crippen LogP contribution in [0.15, 0.2) is 46.6 Å². The Labute approximate surface area is 168 Å². The van der Waals surface area contributed by atoms with E-state index in [0.29, 0.717) is 10.3 Å². The van der Waals surface area contributed by atoms with Gasteiger partial charge in [0.15, 0.2) is 0 Å². The van der Waals surface area contributed by atoms with E-state index in [2.05, 4.69) is 16.5 Å². The summed E-state index contributed by atoms with van der Waals surface area (Å²) in [6, 6.07) is 5.13. The Morgan fingerprint density at radius 3 is 2.40 bits per heavy atom. The highest BCUT2D eigenvalue weighted by molar-refractivity contribution is 5.72. The molecular formula is C18H17N3O9. The predicted molar refractivity (Wildman–Crippen MR) is 101 cm³/mol. The molecule has 0 atom stereocenters. The van der Waals surface area contributed by atoms with Crippen molar-refractivity contribution in [2.75, 3.05) is 0 Å². The first-order valence-corrected chi connectivity index (χ1v) is 8.48. The normalized spacial score (nSPS) is 10.4. The van der Waals surface area contributed by atoms with Gasteiger partial charge in [0.2, 0.25) is 0 Å². The largest absolute Gasteiger partial charge is 0.401 e. The van der Waals surface area contributed by atoms with Crippen LogP contribution in [0.4, 0.5) is 5.69 Å². The highest BCUT2D eigenvalue weighted by Gasteiger charge is 2.19. The topological polar surface area (TPSA) is 149 Å². The second-order valence-corrected chi connectivity index (χ2v) is 6.19. The fourth-order valence-electron chi connectivity index (χ4n) is 2.01. The molecule has 0 saturated carbocycles. The monoisotopic (exact) mass is 419 g/mol. The number of hydrogen-bond donors (Lipinski definition) is 0. The van der Waals surface area contributed by atoms with Crippen LogP contribution >= 0.6 is 0 Å². The number of carbonyl (C=O) groups is 2. The molecule has 0 saturated heterocycles. The van der Waals surface area contributed by atoms with Gasteiger partial charge in [-0.25, -0.2) is 19.3 Å². The molecule has 0 aliphatic heterocycles. The molecule has 30 heavy (non-hydrogen) atoms. The minimum atomic E-state index is -1.23. The molecular weight excluding hydrogens is 402 g/mol. The van der Waals surface area contributed by atoms with E-state index >= 15 is 0 Å². The van der Waals surface area contributed by atoms with E-state index in [9.17, 15) is 29.3 Å². The second-order valence-electron chi connectivity index (χ2n) is 6.19. The molecule has 0 radical (unpaired) electrons.